The van der Waals surface area contributed by atoms with E-state index >= 15 is 0 Å². The second-order valence-electron chi connectivity index (χ2n) is 4.70. The normalized spacial score (nSPS) is 11.7. The van der Waals surface area contributed by atoms with Gasteiger partial charge in [0.25, 0.3) is 0 Å². The maximum absolute atomic E-state index is 13.9. The highest BCUT2D eigenvalue weighted by Crippen LogP contribution is 2.26. The number of rotatable bonds is 8. The number of nitrogens with zero attached hydrogens (tertiary/aromatic N) is 1. The molecule has 0 amide bonds. The average molecular weight is 308 g/mol. The van der Waals surface area contributed by atoms with Gasteiger partial charge in [0.1, 0.15) is 5.82 Å². The number of methoxy groups -OCH3 is 1. The maximum Gasteiger partial charge on any atom is 0.390 e. The van der Waals surface area contributed by atoms with Crippen molar-refractivity contribution >= 4 is 5.69 Å². The predicted molar refractivity (Wildman–Crippen MR) is 73.9 cm³/mol. The van der Waals surface area contributed by atoms with Crippen LogP contribution in [0.1, 0.15) is 12.0 Å². The summed E-state index contributed by atoms with van der Waals surface area (Å²) in [7, 11) is 3.03. The summed E-state index contributed by atoms with van der Waals surface area (Å²) >= 11 is 0. The van der Waals surface area contributed by atoms with Gasteiger partial charge < -0.3 is 15.0 Å². The Morgan fingerprint density at radius 2 is 2.00 bits per heavy atom. The van der Waals surface area contributed by atoms with Crippen LogP contribution in [0.15, 0.2) is 18.2 Å². The number of halogens is 4. The van der Waals surface area contributed by atoms with Gasteiger partial charge in [0.2, 0.25) is 0 Å². The van der Waals surface area contributed by atoms with Crippen molar-refractivity contribution in [2.45, 2.75) is 19.1 Å². The Morgan fingerprint density at radius 1 is 1.29 bits per heavy atom. The van der Waals surface area contributed by atoms with Crippen LogP contribution in [0.4, 0.5) is 23.2 Å². The van der Waals surface area contributed by atoms with Crippen molar-refractivity contribution in [3.05, 3.63) is 29.6 Å². The molecule has 0 unspecified atom stereocenters. The lowest BCUT2D eigenvalue weighted by molar-refractivity contribution is -0.132. The molecule has 0 aliphatic heterocycles. The molecule has 1 aromatic rings. The highest BCUT2D eigenvalue weighted by molar-refractivity contribution is 5.54. The van der Waals surface area contributed by atoms with Crippen LogP contribution in [0.5, 0.6) is 0 Å². The minimum atomic E-state index is -4.25. The molecule has 1 aromatic carbocycles. The molecule has 0 heterocycles. The van der Waals surface area contributed by atoms with Crippen LogP contribution in [-0.2, 0) is 11.3 Å². The number of benzene rings is 1. The van der Waals surface area contributed by atoms with E-state index in [2.05, 4.69) is 5.32 Å². The summed E-state index contributed by atoms with van der Waals surface area (Å²) in [4.78, 5) is 1.30. The Labute approximate surface area is 121 Å². The minimum Gasteiger partial charge on any atom is -0.383 e. The molecule has 1 N–H and O–H groups in total. The molecule has 0 aliphatic rings. The zero-order valence-corrected chi connectivity index (χ0v) is 12.1. The summed E-state index contributed by atoms with van der Waals surface area (Å²) in [5, 5.41) is 3.06. The number of hydrogen-bond acceptors (Lipinski definition) is 3. The fourth-order valence-corrected chi connectivity index (χ4v) is 1.93. The molecule has 21 heavy (non-hydrogen) atoms. The number of hydrogen-bond donors (Lipinski definition) is 1. The Morgan fingerprint density at radius 3 is 2.62 bits per heavy atom. The second kappa shape index (κ2) is 8.19. The molecule has 0 saturated carbocycles. The van der Waals surface area contributed by atoms with Crippen LogP contribution in [0.3, 0.4) is 0 Å². The molecule has 0 radical (unpaired) electrons. The molecule has 0 spiro atoms. The van der Waals surface area contributed by atoms with Crippen LogP contribution >= 0.6 is 0 Å². The van der Waals surface area contributed by atoms with Crippen molar-refractivity contribution in [1.29, 1.82) is 0 Å². The van der Waals surface area contributed by atoms with Gasteiger partial charge in [0.15, 0.2) is 0 Å². The molecular formula is C14H20F4N2O. The summed E-state index contributed by atoms with van der Waals surface area (Å²) in [5.41, 5.74) is 0.822. The van der Waals surface area contributed by atoms with Gasteiger partial charge >= 0.3 is 6.18 Å². The lowest BCUT2D eigenvalue weighted by atomic mass is 10.1. The number of ether oxygens (including phenoxy) is 1. The quantitative estimate of drug-likeness (QED) is 0.590. The predicted octanol–water partition coefficient (Wildman–Crippen LogP) is 2.95. The molecule has 7 heteroatoms. The molecule has 0 aliphatic carbocycles. The molecule has 0 bridgehead atoms. The molecule has 0 saturated heterocycles. The smallest absolute Gasteiger partial charge is 0.383 e. The third-order valence-corrected chi connectivity index (χ3v) is 2.98. The highest BCUT2D eigenvalue weighted by Gasteiger charge is 2.28. The topological polar surface area (TPSA) is 24.5 Å². The van der Waals surface area contributed by atoms with Gasteiger partial charge in [0.05, 0.1) is 18.7 Å². The third kappa shape index (κ3) is 6.31. The van der Waals surface area contributed by atoms with E-state index in [1.165, 1.54) is 18.0 Å². The van der Waals surface area contributed by atoms with Gasteiger partial charge in [-0.15, -0.1) is 0 Å². The number of nitrogens with one attached hydrogen (secondary N) is 1. The van der Waals surface area contributed by atoms with Crippen molar-refractivity contribution in [1.82, 2.24) is 5.32 Å². The molecular weight excluding hydrogens is 288 g/mol. The van der Waals surface area contributed by atoms with E-state index in [1.54, 1.807) is 19.2 Å². The third-order valence-electron chi connectivity index (χ3n) is 2.98. The lowest BCUT2D eigenvalue weighted by Gasteiger charge is -2.24. The first-order valence-electron chi connectivity index (χ1n) is 6.60. The number of para-hydroxylation sites is 1. The van der Waals surface area contributed by atoms with Crippen molar-refractivity contribution in [2.24, 2.45) is 0 Å². The Bertz CT molecular complexity index is 437. The summed E-state index contributed by atoms with van der Waals surface area (Å²) in [5.74, 6) is -0.522. The van der Waals surface area contributed by atoms with Crippen LogP contribution in [-0.4, -0.2) is 40.0 Å². The van der Waals surface area contributed by atoms with Crippen LogP contribution in [0.2, 0.25) is 0 Å². The second-order valence-corrected chi connectivity index (χ2v) is 4.70. The SMILES string of the molecule is COCCNCc1cccc(F)c1N(C)CCC(F)(F)F. The standard InChI is InChI=1S/C14H20F4N2O/c1-20(8-6-14(16,17)18)13-11(4-3-5-12(13)15)10-19-7-9-21-2/h3-5,19H,6-10H2,1-2H3. The van der Waals surface area contributed by atoms with E-state index < -0.39 is 18.4 Å². The molecule has 0 aromatic heterocycles. The van der Waals surface area contributed by atoms with Crippen molar-refractivity contribution in [2.75, 3.05) is 38.8 Å². The zero-order chi connectivity index (χ0) is 15.9. The zero-order valence-electron chi connectivity index (χ0n) is 12.1. The Balaban J connectivity index is 2.74. The van der Waals surface area contributed by atoms with Crippen LogP contribution in [0, 0.1) is 5.82 Å². The van der Waals surface area contributed by atoms with Gasteiger partial charge in [0, 0.05) is 33.8 Å². The monoisotopic (exact) mass is 308 g/mol. The fraction of sp³-hybridized carbons (Fsp3) is 0.571. The first-order chi connectivity index (χ1) is 9.85. The largest absolute Gasteiger partial charge is 0.390 e. The van der Waals surface area contributed by atoms with E-state index in [-0.39, 0.29) is 12.2 Å². The maximum atomic E-state index is 13.9. The van der Waals surface area contributed by atoms with Crippen molar-refractivity contribution in [3.63, 3.8) is 0 Å². The first-order valence-corrected chi connectivity index (χ1v) is 6.60. The van der Waals surface area contributed by atoms with Gasteiger partial charge in [-0.05, 0) is 11.6 Å². The molecule has 120 valence electrons. The van der Waals surface area contributed by atoms with E-state index in [9.17, 15) is 17.6 Å². The van der Waals surface area contributed by atoms with Gasteiger partial charge in [-0.3, -0.25) is 0 Å². The van der Waals surface area contributed by atoms with Gasteiger partial charge in [-0.1, -0.05) is 12.1 Å². The van der Waals surface area contributed by atoms with Gasteiger partial charge in [-0.25, -0.2) is 4.39 Å². The van der Waals surface area contributed by atoms with Crippen molar-refractivity contribution in [3.8, 4) is 0 Å². The number of anilines is 1. The highest BCUT2D eigenvalue weighted by atomic mass is 19.4. The molecule has 3 nitrogen and oxygen atoms in total. The summed E-state index contributed by atoms with van der Waals surface area (Å²) in [6, 6.07) is 4.49. The average Bonchev–Trinajstić information content (AvgIpc) is 2.40. The van der Waals surface area contributed by atoms with Gasteiger partial charge in [-0.2, -0.15) is 13.2 Å². The lowest BCUT2D eigenvalue weighted by Crippen LogP contribution is -2.27. The summed E-state index contributed by atoms with van der Waals surface area (Å²) in [6.07, 6.45) is -5.23. The number of alkyl halides is 3. The Kier molecular flexibility index (Phi) is 6.91. The van der Waals surface area contributed by atoms with E-state index in [1.807, 2.05) is 0 Å². The summed E-state index contributed by atoms with van der Waals surface area (Å²) in [6.45, 7) is 1.18. The molecule has 1 rings (SSSR count). The van der Waals surface area contributed by atoms with E-state index in [0.29, 0.717) is 25.3 Å². The first kappa shape index (κ1) is 17.7. The minimum absolute atomic E-state index is 0.201. The van der Waals surface area contributed by atoms with Crippen molar-refractivity contribution < 1.29 is 22.3 Å². The molecule has 0 fully saturated rings. The van der Waals surface area contributed by atoms with Crippen LogP contribution in [0.25, 0.3) is 0 Å². The van der Waals surface area contributed by atoms with E-state index in [4.69, 9.17) is 4.74 Å². The van der Waals surface area contributed by atoms with E-state index in [0.717, 1.165) is 0 Å². The summed E-state index contributed by atoms with van der Waals surface area (Å²) < 4.78 is 55.6. The molecule has 0 atom stereocenters. The fourth-order valence-electron chi connectivity index (χ4n) is 1.93. The Hall–Kier alpha value is -1.34. The van der Waals surface area contributed by atoms with Crippen LogP contribution < -0.4 is 10.2 Å².